The van der Waals surface area contributed by atoms with Crippen molar-refractivity contribution in [3.63, 3.8) is 0 Å². The van der Waals surface area contributed by atoms with Crippen molar-refractivity contribution in [2.24, 2.45) is 16.9 Å². The van der Waals surface area contributed by atoms with Gasteiger partial charge in [0.1, 0.15) is 5.75 Å². The Morgan fingerprint density at radius 1 is 1.10 bits per heavy atom. The smallest absolute Gasteiger partial charge is 0.248 e. The van der Waals surface area contributed by atoms with Crippen molar-refractivity contribution >= 4 is 42.3 Å². The molecule has 1 saturated carbocycles. The second-order valence-electron chi connectivity index (χ2n) is 7.37. The Labute approximate surface area is 188 Å². The van der Waals surface area contributed by atoms with Gasteiger partial charge in [0.15, 0.2) is 0 Å². The minimum atomic E-state index is -0.523. The molecule has 164 valence electrons. The lowest BCUT2D eigenvalue weighted by Gasteiger charge is -2.35. The molecule has 7 nitrogen and oxygen atoms in total. The molecule has 1 fully saturated rings. The molecule has 0 spiro atoms. The van der Waals surface area contributed by atoms with Gasteiger partial charge in [-0.15, -0.1) is 24.8 Å². The summed E-state index contributed by atoms with van der Waals surface area (Å²) in [5.74, 6) is 0.245. The number of hydrogen-bond acceptors (Lipinski definition) is 5. The normalized spacial score (nSPS) is 14.6. The molecule has 1 aliphatic rings. The number of benzene rings is 1. The van der Waals surface area contributed by atoms with Crippen LogP contribution in [0, 0.1) is 5.41 Å². The molecular formula is C21H28Cl2N4O3. The van der Waals surface area contributed by atoms with Crippen molar-refractivity contribution in [2.45, 2.75) is 38.5 Å². The molecule has 2 aromatic rings. The maximum Gasteiger partial charge on any atom is 0.248 e. The number of rotatable bonds is 7. The summed E-state index contributed by atoms with van der Waals surface area (Å²) in [6.45, 7) is 0.538. The van der Waals surface area contributed by atoms with Gasteiger partial charge in [0.2, 0.25) is 17.7 Å². The topological polar surface area (TPSA) is 120 Å². The molecule has 0 aliphatic heterocycles. The molecule has 3 rings (SSSR count). The van der Waals surface area contributed by atoms with Crippen LogP contribution in [-0.2, 0) is 4.79 Å². The molecular weight excluding hydrogens is 427 g/mol. The summed E-state index contributed by atoms with van der Waals surface area (Å²) in [4.78, 5) is 27.9. The van der Waals surface area contributed by atoms with Gasteiger partial charge in [-0.1, -0.05) is 25.3 Å². The zero-order valence-corrected chi connectivity index (χ0v) is 18.3. The number of nitrogens with zero attached hydrogens (tertiary/aromatic N) is 1. The number of ether oxygens (including phenoxy) is 1. The van der Waals surface area contributed by atoms with E-state index >= 15 is 0 Å². The molecule has 1 aromatic heterocycles. The summed E-state index contributed by atoms with van der Waals surface area (Å²) in [6, 6.07) is 9.95. The lowest BCUT2D eigenvalue weighted by atomic mass is 9.71. The number of anilines is 1. The zero-order valence-electron chi connectivity index (χ0n) is 16.6. The van der Waals surface area contributed by atoms with E-state index in [-0.39, 0.29) is 36.1 Å². The van der Waals surface area contributed by atoms with Crippen molar-refractivity contribution in [3.8, 4) is 11.6 Å². The maximum atomic E-state index is 12.5. The SMILES string of the molecule is Cl.Cl.NCC1(CC(=O)Nc2ccc(Oc3cccc(C(N)=O)c3)nc2)CCCCC1. The van der Waals surface area contributed by atoms with E-state index in [0.29, 0.717) is 35.8 Å². The van der Waals surface area contributed by atoms with Crippen molar-refractivity contribution in [1.29, 1.82) is 0 Å². The van der Waals surface area contributed by atoms with Crippen LogP contribution in [0.5, 0.6) is 11.6 Å². The Kier molecular flexibility index (Phi) is 10.0. The van der Waals surface area contributed by atoms with Gasteiger partial charge in [0, 0.05) is 18.1 Å². The first-order valence-corrected chi connectivity index (χ1v) is 9.53. The molecule has 1 heterocycles. The van der Waals surface area contributed by atoms with Crippen LogP contribution in [0.15, 0.2) is 42.6 Å². The van der Waals surface area contributed by atoms with E-state index in [1.165, 1.54) is 6.42 Å². The Hall–Kier alpha value is -2.35. The summed E-state index contributed by atoms with van der Waals surface area (Å²) in [7, 11) is 0. The van der Waals surface area contributed by atoms with Gasteiger partial charge in [-0.25, -0.2) is 4.98 Å². The molecule has 30 heavy (non-hydrogen) atoms. The highest BCUT2D eigenvalue weighted by atomic mass is 35.5. The highest BCUT2D eigenvalue weighted by Gasteiger charge is 2.32. The standard InChI is InChI=1S/C21H26N4O3.2ClH/c22-14-21(9-2-1-3-10-21)12-18(26)25-16-7-8-19(24-13-16)28-17-6-4-5-15(11-17)20(23)27;;/h4-8,11,13H,1-3,9-10,12,14,22H2,(H2,23,27)(H,25,26);2*1H. The van der Waals surface area contributed by atoms with Crippen molar-refractivity contribution in [1.82, 2.24) is 4.98 Å². The fraction of sp³-hybridized carbons (Fsp3) is 0.381. The maximum absolute atomic E-state index is 12.5. The molecule has 1 aliphatic carbocycles. The molecule has 0 radical (unpaired) electrons. The summed E-state index contributed by atoms with van der Waals surface area (Å²) in [5, 5.41) is 2.89. The number of aromatic nitrogens is 1. The molecule has 0 saturated heterocycles. The summed E-state index contributed by atoms with van der Waals surface area (Å²) in [6.07, 6.45) is 7.47. The van der Waals surface area contributed by atoms with Crippen LogP contribution in [0.1, 0.15) is 48.9 Å². The van der Waals surface area contributed by atoms with E-state index in [1.807, 2.05) is 0 Å². The fourth-order valence-electron chi connectivity index (χ4n) is 3.65. The van der Waals surface area contributed by atoms with Gasteiger partial charge in [-0.05, 0) is 49.1 Å². The lowest BCUT2D eigenvalue weighted by Crippen LogP contribution is -2.36. The number of amides is 2. The first kappa shape index (κ1) is 25.7. The third-order valence-corrected chi connectivity index (χ3v) is 5.24. The van der Waals surface area contributed by atoms with Crippen LogP contribution in [-0.4, -0.2) is 23.3 Å². The second-order valence-corrected chi connectivity index (χ2v) is 7.37. The molecule has 2 amide bonds. The Bertz CT molecular complexity index is 840. The molecule has 0 unspecified atom stereocenters. The largest absolute Gasteiger partial charge is 0.439 e. The summed E-state index contributed by atoms with van der Waals surface area (Å²) < 4.78 is 5.64. The Morgan fingerprint density at radius 3 is 2.43 bits per heavy atom. The number of nitrogens with one attached hydrogen (secondary N) is 1. The fourth-order valence-corrected chi connectivity index (χ4v) is 3.65. The molecule has 0 atom stereocenters. The van der Waals surface area contributed by atoms with Crippen LogP contribution in [0.3, 0.4) is 0 Å². The van der Waals surface area contributed by atoms with Crippen LogP contribution in [0.2, 0.25) is 0 Å². The predicted octanol–water partition coefficient (Wildman–Crippen LogP) is 4.05. The van der Waals surface area contributed by atoms with Gasteiger partial charge in [-0.2, -0.15) is 0 Å². The van der Waals surface area contributed by atoms with Gasteiger partial charge in [-0.3, -0.25) is 9.59 Å². The molecule has 9 heteroatoms. The summed E-state index contributed by atoms with van der Waals surface area (Å²) >= 11 is 0. The van der Waals surface area contributed by atoms with Crippen LogP contribution in [0.4, 0.5) is 5.69 Å². The van der Waals surface area contributed by atoms with E-state index in [1.54, 1.807) is 42.6 Å². The Morgan fingerprint density at radius 2 is 1.83 bits per heavy atom. The van der Waals surface area contributed by atoms with Gasteiger partial charge in [0.05, 0.1) is 11.9 Å². The Balaban J connectivity index is 0.00000225. The van der Waals surface area contributed by atoms with Gasteiger partial charge < -0.3 is 21.5 Å². The third kappa shape index (κ3) is 6.86. The number of nitrogens with two attached hydrogens (primary N) is 2. The molecule has 0 bridgehead atoms. The van der Waals surface area contributed by atoms with Gasteiger partial charge in [0.25, 0.3) is 0 Å². The number of hydrogen-bond donors (Lipinski definition) is 3. The number of pyridine rings is 1. The predicted molar refractivity (Wildman–Crippen MR) is 122 cm³/mol. The van der Waals surface area contributed by atoms with E-state index in [9.17, 15) is 9.59 Å². The summed E-state index contributed by atoms with van der Waals surface area (Å²) in [5.41, 5.74) is 12.1. The molecule has 5 N–H and O–H groups in total. The number of carbonyl (C=O) groups is 2. The third-order valence-electron chi connectivity index (χ3n) is 5.24. The minimum Gasteiger partial charge on any atom is -0.439 e. The van der Waals surface area contributed by atoms with Gasteiger partial charge >= 0.3 is 0 Å². The van der Waals surface area contributed by atoms with Crippen LogP contribution in [0.25, 0.3) is 0 Å². The van der Waals surface area contributed by atoms with E-state index in [4.69, 9.17) is 16.2 Å². The first-order chi connectivity index (χ1) is 13.5. The highest BCUT2D eigenvalue weighted by molar-refractivity contribution is 5.93. The van der Waals surface area contributed by atoms with Crippen molar-refractivity contribution < 1.29 is 14.3 Å². The number of primary amides is 1. The van der Waals surface area contributed by atoms with E-state index < -0.39 is 5.91 Å². The average molecular weight is 455 g/mol. The quantitative estimate of drug-likeness (QED) is 0.582. The zero-order chi connectivity index (χ0) is 20.0. The molecule has 1 aromatic carbocycles. The van der Waals surface area contributed by atoms with E-state index in [0.717, 1.165) is 25.7 Å². The van der Waals surface area contributed by atoms with Crippen LogP contribution < -0.4 is 21.5 Å². The number of carbonyl (C=O) groups excluding carboxylic acids is 2. The lowest BCUT2D eigenvalue weighted by molar-refractivity contribution is -0.118. The van der Waals surface area contributed by atoms with E-state index in [2.05, 4.69) is 10.3 Å². The monoisotopic (exact) mass is 454 g/mol. The second kappa shape index (κ2) is 11.7. The number of halogens is 2. The highest BCUT2D eigenvalue weighted by Crippen LogP contribution is 2.38. The van der Waals surface area contributed by atoms with Crippen molar-refractivity contribution in [3.05, 3.63) is 48.2 Å². The minimum absolute atomic E-state index is 0. The van der Waals surface area contributed by atoms with Crippen LogP contribution >= 0.6 is 24.8 Å². The van der Waals surface area contributed by atoms with Crippen molar-refractivity contribution in [2.75, 3.05) is 11.9 Å². The average Bonchev–Trinajstić information content (AvgIpc) is 2.70. The first-order valence-electron chi connectivity index (χ1n) is 9.53.